The Balaban J connectivity index is 1.31. The molecule has 0 atom stereocenters. The van der Waals surface area contributed by atoms with Crippen LogP contribution < -0.4 is 25.3 Å². The Kier molecular flexibility index (Phi) is 7.33. The first-order valence-corrected chi connectivity index (χ1v) is 13.3. The lowest BCUT2D eigenvalue weighted by Crippen LogP contribution is -2.47. The molecule has 0 unspecified atom stereocenters. The highest BCUT2D eigenvalue weighted by Gasteiger charge is 2.23. The lowest BCUT2D eigenvalue weighted by molar-refractivity contribution is 0.436. The first kappa shape index (κ1) is 23.1. The Morgan fingerprint density at radius 3 is 2.06 bits per heavy atom. The fraction of sp³-hybridized carbons (Fsp3) is 0.577. The number of hydrogen-bond donors (Lipinski definition) is 2. The van der Waals surface area contributed by atoms with Crippen LogP contribution in [0.2, 0.25) is 0 Å². The molecule has 1 aromatic heterocycles. The number of piperidine rings is 1. The molecule has 0 amide bonds. The Hall–Kier alpha value is -2.61. The molecule has 1 saturated carbocycles. The van der Waals surface area contributed by atoms with Crippen LogP contribution in [0.15, 0.2) is 36.4 Å². The summed E-state index contributed by atoms with van der Waals surface area (Å²) >= 11 is 5.62. The molecule has 3 aliphatic rings. The number of benzene rings is 1. The van der Waals surface area contributed by atoms with Gasteiger partial charge in [0.15, 0.2) is 5.11 Å². The van der Waals surface area contributed by atoms with Crippen LogP contribution >= 0.6 is 12.2 Å². The van der Waals surface area contributed by atoms with Crippen LogP contribution in [0, 0.1) is 5.92 Å². The summed E-state index contributed by atoms with van der Waals surface area (Å²) in [6, 6.07) is 13.3. The van der Waals surface area contributed by atoms with Crippen molar-refractivity contribution in [3.8, 4) is 0 Å². The van der Waals surface area contributed by atoms with Gasteiger partial charge in [-0.25, -0.2) is 0 Å². The highest BCUT2D eigenvalue weighted by molar-refractivity contribution is 7.80. The smallest absolute Gasteiger partial charge is 0.232 e. The first-order valence-electron chi connectivity index (χ1n) is 12.9. The summed E-state index contributed by atoms with van der Waals surface area (Å²) in [6.45, 7) is 8.27. The average molecular weight is 480 g/mol. The van der Waals surface area contributed by atoms with E-state index in [0.717, 1.165) is 56.8 Å². The summed E-state index contributed by atoms with van der Waals surface area (Å²) in [5.41, 5.74) is 1.29. The molecule has 2 N–H and O–H groups in total. The first-order chi connectivity index (χ1) is 16.6. The van der Waals surface area contributed by atoms with Gasteiger partial charge in [0.1, 0.15) is 11.6 Å². The van der Waals surface area contributed by atoms with E-state index in [0.29, 0.717) is 17.1 Å². The van der Waals surface area contributed by atoms with E-state index in [-0.39, 0.29) is 0 Å². The van der Waals surface area contributed by atoms with Gasteiger partial charge in [-0.3, -0.25) is 0 Å². The standard InChI is InChI=1S/C26H37N7S/c1-20-11-13-32(14-12-20)23-19-24(29-25(28-23)30-26(34)27-21-7-5-6-8-21)33-17-15-31(16-18-33)22-9-3-2-4-10-22/h2-4,9-10,19-21H,5-8,11-18H2,1H3,(H2,27,28,29,30,34). The molecule has 0 bridgehead atoms. The van der Waals surface area contributed by atoms with Gasteiger partial charge in [0.2, 0.25) is 5.95 Å². The van der Waals surface area contributed by atoms with Crippen molar-refractivity contribution in [2.75, 3.05) is 59.3 Å². The van der Waals surface area contributed by atoms with Gasteiger partial charge in [-0.1, -0.05) is 38.0 Å². The van der Waals surface area contributed by atoms with E-state index in [1.54, 1.807) is 0 Å². The number of rotatable bonds is 5. The van der Waals surface area contributed by atoms with Crippen molar-refractivity contribution >= 4 is 40.6 Å². The second-order valence-corrected chi connectivity index (χ2v) is 10.4. The number of para-hydroxylation sites is 1. The van der Waals surface area contributed by atoms with Gasteiger partial charge in [-0.2, -0.15) is 9.97 Å². The summed E-state index contributed by atoms with van der Waals surface area (Å²) in [7, 11) is 0. The molecule has 1 aromatic carbocycles. The Labute approximate surface area is 208 Å². The minimum atomic E-state index is 0.470. The van der Waals surface area contributed by atoms with Crippen LogP contribution in [0.4, 0.5) is 23.3 Å². The largest absolute Gasteiger partial charge is 0.368 e. The van der Waals surface area contributed by atoms with E-state index in [1.165, 1.54) is 44.2 Å². The summed E-state index contributed by atoms with van der Waals surface area (Å²) in [5, 5.41) is 7.40. The SMILES string of the molecule is CC1CCN(c2cc(N3CCN(c4ccccc4)CC3)nc(NC(=S)NC3CCCC3)n2)CC1. The molecule has 3 heterocycles. The van der Waals surface area contributed by atoms with E-state index in [1.807, 2.05) is 0 Å². The van der Waals surface area contributed by atoms with E-state index in [2.05, 4.69) is 68.7 Å². The summed E-state index contributed by atoms with van der Waals surface area (Å²) in [4.78, 5) is 17.0. The normalized spacial score (nSPS) is 20.0. The van der Waals surface area contributed by atoms with Crippen molar-refractivity contribution in [2.45, 2.75) is 51.5 Å². The number of nitrogens with zero attached hydrogens (tertiary/aromatic N) is 5. The molecule has 2 saturated heterocycles. The van der Waals surface area contributed by atoms with Gasteiger partial charge in [0, 0.05) is 57.1 Å². The maximum absolute atomic E-state index is 5.62. The van der Waals surface area contributed by atoms with Crippen molar-refractivity contribution < 1.29 is 0 Å². The van der Waals surface area contributed by atoms with Crippen molar-refractivity contribution in [3.05, 3.63) is 36.4 Å². The molecular weight excluding hydrogens is 442 g/mol. The van der Waals surface area contributed by atoms with E-state index in [9.17, 15) is 0 Å². The molecule has 0 spiro atoms. The molecule has 2 aliphatic heterocycles. The third-order valence-corrected chi connectivity index (χ3v) is 7.67. The molecule has 182 valence electrons. The Morgan fingerprint density at radius 2 is 1.41 bits per heavy atom. The maximum atomic E-state index is 5.62. The van der Waals surface area contributed by atoms with Crippen LogP contribution in [-0.2, 0) is 0 Å². The molecule has 2 aromatic rings. The third-order valence-electron chi connectivity index (χ3n) is 7.45. The number of aromatic nitrogens is 2. The zero-order valence-electron chi connectivity index (χ0n) is 20.2. The van der Waals surface area contributed by atoms with Crippen LogP contribution in [0.5, 0.6) is 0 Å². The van der Waals surface area contributed by atoms with Gasteiger partial charge in [-0.05, 0) is 56.0 Å². The average Bonchev–Trinajstić information content (AvgIpc) is 3.38. The van der Waals surface area contributed by atoms with Crippen LogP contribution in [0.3, 0.4) is 0 Å². The predicted octanol–water partition coefficient (Wildman–Crippen LogP) is 4.27. The quantitative estimate of drug-likeness (QED) is 0.617. The molecule has 1 aliphatic carbocycles. The number of thiocarbonyl (C=S) groups is 1. The second-order valence-electron chi connectivity index (χ2n) is 9.97. The highest BCUT2D eigenvalue weighted by atomic mass is 32.1. The van der Waals surface area contributed by atoms with Crippen molar-refractivity contribution in [2.24, 2.45) is 5.92 Å². The maximum Gasteiger partial charge on any atom is 0.232 e. The molecule has 3 fully saturated rings. The van der Waals surface area contributed by atoms with Crippen LogP contribution in [-0.4, -0.2) is 60.4 Å². The lowest BCUT2D eigenvalue weighted by Gasteiger charge is -2.37. The van der Waals surface area contributed by atoms with Crippen molar-refractivity contribution in [1.82, 2.24) is 15.3 Å². The predicted molar refractivity (Wildman–Crippen MR) is 145 cm³/mol. The van der Waals surface area contributed by atoms with E-state index in [4.69, 9.17) is 22.2 Å². The fourth-order valence-corrected chi connectivity index (χ4v) is 5.52. The number of anilines is 4. The molecular formula is C26H37N7S. The number of nitrogens with one attached hydrogen (secondary N) is 2. The molecule has 7 nitrogen and oxygen atoms in total. The zero-order valence-corrected chi connectivity index (χ0v) is 21.1. The Bertz CT molecular complexity index is 947. The summed E-state index contributed by atoms with van der Waals surface area (Å²) in [6.07, 6.45) is 7.34. The van der Waals surface area contributed by atoms with Gasteiger partial charge in [0.05, 0.1) is 0 Å². The van der Waals surface area contributed by atoms with Crippen LogP contribution in [0.25, 0.3) is 0 Å². The third kappa shape index (κ3) is 5.71. The molecule has 34 heavy (non-hydrogen) atoms. The van der Waals surface area contributed by atoms with Gasteiger partial charge < -0.3 is 25.3 Å². The molecule has 8 heteroatoms. The monoisotopic (exact) mass is 479 g/mol. The molecule has 5 rings (SSSR count). The minimum absolute atomic E-state index is 0.470. The topological polar surface area (TPSA) is 59.6 Å². The van der Waals surface area contributed by atoms with Crippen molar-refractivity contribution in [3.63, 3.8) is 0 Å². The summed E-state index contributed by atoms with van der Waals surface area (Å²) in [5.74, 6) is 3.38. The van der Waals surface area contributed by atoms with Crippen molar-refractivity contribution in [1.29, 1.82) is 0 Å². The van der Waals surface area contributed by atoms with Gasteiger partial charge in [-0.15, -0.1) is 0 Å². The highest BCUT2D eigenvalue weighted by Crippen LogP contribution is 2.27. The summed E-state index contributed by atoms with van der Waals surface area (Å²) < 4.78 is 0. The minimum Gasteiger partial charge on any atom is -0.368 e. The lowest BCUT2D eigenvalue weighted by atomic mass is 9.99. The zero-order chi connectivity index (χ0) is 23.3. The second kappa shape index (κ2) is 10.8. The number of piperazine rings is 1. The molecule has 0 radical (unpaired) electrons. The van der Waals surface area contributed by atoms with Gasteiger partial charge in [0.25, 0.3) is 0 Å². The number of hydrogen-bond acceptors (Lipinski definition) is 6. The van der Waals surface area contributed by atoms with E-state index >= 15 is 0 Å². The van der Waals surface area contributed by atoms with E-state index < -0.39 is 0 Å². The van der Waals surface area contributed by atoms with Crippen LogP contribution in [0.1, 0.15) is 45.4 Å². The van der Waals surface area contributed by atoms with Gasteiger partial charge >= 0.3 is 0 Å². The fourth-order valence-electron chi connectivity index (χ4n) is 5.27. The Morgan fingerprint density at radius 1 is 0.824 bits per heavy atom.